The molecule has 1 spiro atoms. The van der Waals surface area contributed by atoms with Gasteiger partial charge in [0.1, 0.15) is 0 Å². The molecule has 0 aromatic carbocycles. The second-order valence-electron chi connectivity index (χ2n) is 6.57. The Balaban J connectivity index is 2.20. The molecule has 0 bridgehead atoms. The van der Waals surface area contributed by atoms with Gasteiger partial charge < -0.3 is 4.90 Å². The van der Waals surface area contributed by atoms with Crippen molar-refractivity contribution in [1.29, 1.82) is 0 Å². The van der Waals surface area contributed by atoms with Gasteiger partial charge in [-0.15, -0.1) is 0 Å². The molecule has 110 valence electrons. The van der Waals surface area contributed by atoms with E-state index in [1.807, 2.05) is 6.92 Å². The summed E-state index contributed by atoms with van der Waals surface area (Å²) in [5.74, 6) is 0.0780. The summed E-state index contributed by atoms with van der Waals surface area (Å²) in [6.07, 6.45) is 5.00. The maximum absolute atomic E-state index is 12.6. The quantitative estimate of drug-likeness (QED) is 0.838. The van der Waals surface area contributed by atoms with Crippen molar-refractivity contribution in [2.24, 2.45) is 0 Å². The van der Waals surface area contributed by atoms with Crippen LogP contribution in [0.4, 0.5) is 0 Å². The van der Waals surface area contributed by atoms with Gasteiger partial charge in [-0.1, -0.05) is 12.8 Å². The van der Waals surface area contributed by atoms with E-state index in [0.717, 1.165) is 25.7 Å². The Morgan fingerprint density at radius 1 is 1.37 bits per heavy atom. The Labute approximate surface area is 115 Å². The highest BCUT2D eigenvalue weighted by Crippen LogP contribution is 2.37. The van der Waals surface area contributed by atoms with E-state index in [9.17, 15) is 13.2 Å². The lowest BCUT2D eigenvalue weighted by Crippen LogP contribution is -2.48. The van der Waals surface area contributed by atoms with Crippen molar-refractivity contribution >= 4 is 15.7 Å². The molecule has 2 aliphatic rings. The van der Waals surface area contributed by atoms with Crippen LogP contribution in [-0.4, -0.2) is 48.5 Å². The lowest BCUT2D eigenvalue weighted by Gasteiger charge is -2.31. The minimum absolute atomic E-state index is 0.0780. The first-order valence-electron chi connectivity index (χ1n) is 6.87. The number of hydrogen-bond acceptors (Lipinski definition) is 4. The summed E-state index contributed by atoms with van der Waals surface area (Å²) in [5.41, 5.74) is -0.424. The van der Waals surface area contributed by atoms with E-state index in [0.29, 0.717) is 0 Å². The molecule has 1 aliphatic carbocycles. The van der Waals surface area contributed by atoms with E-state index in [1.165, 1.54) is 6.26 Å². The van der Waals surface area contributed by atoms with E-state index in [1.54, 1.807) is 18.7 Å². The van der Waals surface area contributed by atoms with Gasteiger partial charge in [-0.2, -0.15) is 0 Å². The van der Waals surface area contributed by atoms with Gasteiger partial charge in [-0.05, 0) is 33.6 Å². The molecule has 1 saturated heterocycles. The van der Waals surface area contributed by atoms with Crippen molar-refractivity contribution in [2.45, 2.75) is 62.9 Å². The van der Waals surface area contributed by atoms with E-state index in [4.69, 9.17) is 0 Å². The summed E-state index contributed by atoms with van der Waals surface area (Å²) in [4.78, 5) is 14.3. The van der Waals surface area contributed by atoms with Crippen LogP contribution in [0.5, 0.6) is 0 Å². The molecule has 0 aromatic heterocycles. The predicted molar refractivity (Wildman–Crippen MR) is 74.4 cm³/mol. The number of hydrogen-bond donors (Lipinski definition) is 1. The maximum Gasteiger partial charge on any atom is 0.244 e. The van der Waals surface area contributed by atoms with Gasteiger partial charge in [0.2, 0.25) is 5.91 Å². The van der Waals surface area contributed by atoms with Gasteiger partial charge in [0.15, 0.2) is 9.84 Å². The Morgan fingerprint density at radius 2 is 1.89 bits per heavy atom. The minimum Gasteiger partial charge on any atom is -0.324 e. The van der Waals surface area contributed by atoms with E-state index in [-0.39, 0.29) is 18.6 Å². The summed E-state index contributed by atoms with van der Waals surface area (Å²) in [6.45, 7) is 5.55. The van der Waals surface area contributed by atoms with Gasteiger partial charge in [-0.25, -0.2) is 8.42 Å². The highest BCUT2D eigenvalue weighted by Gasteiger charge is 2.52. The number of nitrogens with zero attached hydrogens (tertiary/aromatic N) is 1. The van der Waals surface area contributed by atoms with Crippen LogP contribution in [0.3, 0.4) is 0 Å². The number of amides is 1. The average molecular weight is 288 g/mol. The summed E-state index contributed by atoms with van der Waals surface area (Å²) in [7, 11) is -3.19. The fourth-order valence-corrected chi connectivity index (χ4v) is 3.44. The normalized spacial score (nSPS) is 27.5. The first kappa shape index (κ1) is 14.8. The molecule has 1 amide bonds. The highest BCUT2D eigenvalue weighted by atomic mass is 32.2. The molecule has 19 heavy (non-hydrogen) atoms. The summed E-state index contributed by atoms with van der Waals surface area (Å²) in [5, 5.41) is 3.38. The van der Waals surface area contributed by atoms with Crippen molar-refractivity contribution < 1.29 is 13.2 Å². The lowest BCUT2D eigenvalue weighted by atomic mass is 9.98. The maximum atomic E-state index is 12.6. The second kappa shape index (κ2) is 4.45. The molecule has 6 heteroatoms. The van der Waals surface area contributed by atoms with Crippen molar-refractivity contribution in [3.63, 3.8) is 0 Å². The standard InChI is InChI=1S/C13H24N2O3S/c1-10-14-13(7-5-6-8-13)11(16)15(10)9-12(2,3)19(4,17)18/h10,14H,5-9H2,1-4H3. The molecule has 2 fully saturated rings. The largest absolute Gasteiger partial charge is 0.324 e. The molecule has 1 aliphatic heterocycles. The number of rotatable bonds is 3. The van der Waals surface area contributed by atoms with Crippen molar-refractivity contribution in [3.05, 3.63) is 0 Å². The summed E-state index contributed by atoms with van der Waals surface area (Å²) < 4.78 is 22.7. The molecule has 0 aromatic rings. The Morgan fingerprint density at radius 3 is 2.37 bits per heavy atom. The van der Waals surface area contributed by atoms with Gasteiger partial charge in [-0.3, -0.25) is 10.1 Å². The third-order valence-electron chi connectivity index (χ3n) is 4.63. The number of carbonyl (C=O) groups is 1. The second-order valence-corrected chi connectivity index (χ2v) is 9.22. The first-order valence-corrected chi connectivity index (χ1v) is 8.77. The highest BCUT2D eigenvalue weighted by molar-refractivity contribution is 7.92. The van der Waals surface area contributed by atoms with Gasteiger partial charge in [0, 0.05) is 12.8 Å². The molecule has 1 unspecified atom stereocenters. The molecule has 1 N–H and O–H groups in total. The smallest absolute Gasteiger partial charge is 0.244 e. The van der Waals surface area contributed by atoms with Crippen LogP contribution in [-0.2, 0) is 14.6 Å². The average Bonchev–Trinajstić information content (AvgIpc) is 2.80. The van der Waals surface area contributed by atoms with Crippen LogP contribution in [0, 0.1) is 0 Å². The molecular formula is C13H24N2O3S. The van der Waals surface area contributed by atoms with Crippen molar-refractivity contribution in [2.75, 3.05) is 12.8 Å². The van der Waals surface area contributed by atoms with E-state index >= 15 is 0 Å². The van der Waals surface area contributed by atoms with Gasteiger partial charge in [0.25, 0.3) is 0 Å². The van der Waals surface area contributed by atoms with E-state index < -0.39 is 20.1 Å². The van der Waals surface area contributed by atoms with Crippen molar-refractivity contribution in [3.8, 4) is 0 Å². The van der Waals surface area contributed by atoms with Crippen LogP contribution in [0.25, 0.3) is 0 Å². The number of nitrogens with one attached hydrogen (secondary N) is 1. The molecule has 1 saturated carbocycles. The Kier molecular flexibility index (Phi) is 3.46. The predicted octanol–water partition coefficient (Wildman–Crippen LogP) is 0.900. The fourth-order valence-electron chi connectivity index (χ4n) is 3.06. The Hall–Kier alpha value is -0.620. The minimum atomic E-state index is -3.19. The third-order valence-corrected chi connectivity index (χ3v) is 6.77. The van der Waals surface area contributed by atoms with Crippen LogP contribution in [0.15, 0.2) is 0 Å². The lowest BCUT2D eigenvalue weighted by molar-refractivity contribution is -0.133. The van der Waals surface area contributed by atoms with Crippen LogP contribution in [0.1, 0.15) is 46.5 Å². The SMILES string of the molecule is CC1NC2(CCCC2)C(=O)N1CC(C)(C)S(C)(=O)=O. The zero-order valence-electron chi connectivity index (χ0n) is 12.2. The fraction of sp³-hybridized carbons (Fsp3) is 0.923. The zero-order chi connectivity index (χ0) is 14.5. The third kappa shape index (κ3) is 2.40. The molecule has 2 rings (SSSR count). The number of sulfone groups is 1. The van der Waals surface area contributed by atoms with Gasteiger partial charge >= 0.3 is 0 Å². The zero-order valence-corrected chi connectivity index (χ0v) is 13.0. The monoisotopic (exact) mass is 288 g/mol. The van der Waals surface area contributed by atoms with E-state index in [2.05, 4.69) is 5.32 Å². The van der Waals surface area contributed by atoms with Crippen molar-refractivity contribution in [1.82, 2.24) is 10.2 Å². The summed E-state index contributed by atoms with van der Waals surface area (Å²) in [6, 6.07) is 0. The molecule has 5 nitrogen and oxygen atoms in total. The number of carbonyl (C=O) groups excluding carboxylic acids is 1. The summed E-state index contributed by atoms with van der Waals surface area (Å²) >= 11 is 0. The molecule has 0 radical (unpaired) electrons. The Bertz CT molecular complexity index is 478. The van der Waals surface area contributed by atoms with Crippen LogP contribution < -0.4 is 5.32 Å². The molecule has 1 heterocycles. The van der Waals surface area contributed by atoms with Crippen LogP contribution in [0.2, 0.25) is 0 Å². The topological polar surface area (TPSA) is 66.5 Å². The van der Waals surface area contributed by atoms with Crippen LogP contribution >= 0.6 is 0 Å². The molecule has 1 atom stereocenters. The van der Waals surface area contributed by atoms with Gasteiger partial charge in [0.05, 0.1) is 16.5 Å². The molecular weight excluding hydrogens is 264 g/mol. The first-order chi connectivity index (χ1) is 8.59.